The Morgan fingerprint density at radius 1 is 1.29 bits per heavy atom. The van der Waals surface area contributed by atoms with E-state index in [4.69, 9.17) is 0 Å². The van der Waals surface area contributed by atoms with E-state index in [-0.39, 0.29) is 24.1 Å². The maximum atomic E-state index is 11.9. The number of carbonyl (C=O) groups excluding carboxylic acids is 2. The first-order valence-corrected chi connectivity index (χ1v) is 7.42. The normalized spacial score (nSPS) is 19.2. The maximum absolute atomic E-state index is 11.9. The lowest BCUT2D eigenvalue weighted by Crippen LogP contribution is -2.37. The molecule has 0 radical (unpaired) electrons. The van der Waals surface area contributed by atoms with E-state index >= 15 is 0 Å². The molecule has 21 heavy (non-hydrogen) atoms. The van der Waals surface area contributed by atoms with E-state index < -0.39 is 0 Å². The topological polar surface area (TPSA) is 101 Å². The van der Waals surface area contributed by atoms with E-state index in [1.165, 1.54) is 0 Å². The summed E-state index contributed by atoms with van der Waals surface area (Å²) < 4.78 is 1.75. The quantitative estimate of drug-likeness (QED) is 0.660. The number of amides is 2. The van der Waals surface area contributed by atoms with Crippen LogP contribution in [0.3, 0.4) is 0 Å². The first kappa shape index (κ1) is 14.0. The van der Waals surface area contributed by atoms with Gasteiger partial charge in [-0.2, -0.15) is 0 Å². The molecule has 8 nitrogen and oxygen atoms in total. The van der Waals surface area contributed by atoms with Gasteiger partial charge in [0.05, 0.1) is 18.8 Å². The van der Waals surface area contributed by atoms with Gasteiger partial charge < -0.3 is 16.0 Å². The van der Waals surface area contributed by atoms with Crippen LogP contribution in [0.1, 0.15) is 42.2 Å². The summed E-state index contributed by atoms with van der Waals surface area (Å²) in [6.45, 7) is 1.89. The van der Waals surface area contributed by atoms with E-state index in [0.29, 0.717) is 12.1 Å². The zero-order valence-electron chi connectivity index (χ0n) is 11.8. The molecule has 1 aromatic rings. The van der Waals surface area contributed by atoms with Crippen LogP contribution in [0.2, 0.25) is 0 Å². The van der Waals surface area contributed by atoms with Gasteiger partial charge in [-0.05, 0) is 38.8 Å². The second-order valence-electron chi connectivity index (χ2n) is 5.59. The van der Waals surface area contributed by atoms with Crippen LogP contribution >= 0.6 is 0 Å². The number of aromatic nitrogens is 3. The Hall–Kier alpha value is -1.96. The molecule has 2 fully saturated rings. The van der Waals surface area contributed by atoms with Crippen molar-refractivity contribution in [2.24, 2.45) is 0 Å². The molecule has 0 unspecified atom stereocenters. The Kier molecular flexibility index (Phi) is 4.14. The summed E-state index contributed by atoms with van der Waals surface area (Å²) in [5, 5.41) is 16.6. The summed E-state index contributed by atoms with van der Waals surface area (Å²) in [7, 11) is 0. The number of rotatable bonds is 5. The van der Waals surface area contributed by atoms with Crippen molar-refractivity contribution in [3.8, 4) is 0 Å². The van der Waals surface area contributed by atoms with Gasteiger partial charge in [-0.15, -0.1) is 5.10 Å². The third-order valence-electron chi connectivity index (χ3n) is 3.78. The molecule has 3 N–H and O–H groups in total. The molecular formula is C13H20N6O2. The highest BCUT2D eigenvalue weighted by molar-refractivity contribution is 5.94. The lowest BCUT2D eigenvalue weighted by Gasteiger charge is -2.22. The molecule has 1 saturated carbocycles. The van der Waals surface area contributed by atoms with Gasteiger partial charge in [0, 0.05) is 6.04 Å². The Morgan fingerprint density at radius 3 is 2.76 bits per heavy atom. The molecule has 0 aromatic carbocycles. The Morgan fingerprint density at radius 2 is 2.05 bits per heavy atom. The van der Waals surface area contributed by atoms with Gasteiger partial charge in [0.25, 0.3) is 5.91 Å². The van der Waals surface area contributed by atoms with Crippen LogP contribution in [0.4, 0.5) is 0 Å². The van der Waals surface area contributed by atoms with Gasteiger partial charge >= 0.3 is 0 Å². The Balaban J connectivity index is 1.49. The molecule has 2 aliphatic rings. The third kappa shape index (κ3) is 3.78. The van der Waals surface area contributed by atoms with Crippen molar-refractivity contribution in [3.05, 3.63) is 11.9 Å². The van der Waals surface area contributed by atoms with Gasteiger partial charge in [0.2, 0.25) is 5.91 Å². The van der Waals surface area contributed by atoms with Crippen LogP contribution < -0.4 is 16.0 Å². The lowest BCUT2D eigenvalue weighted by atomic mass is 10.1. The van der Waals surface area contributed by atoms with Crippen LogP contribution in [0.25, 0.3) is 0 Å². The highest BCUT2D eigenvalue weighted by Crippen LogP contribution is 2.18. The van der Waals surface area contributed by atoms with E-state index in [1.54, 1.807) is 10.9 Å². The number of nitrogens with zero attached hydrogens (tertiary/aromatic N) is 3. The summed E-state index contributed by atoms with van der Waals surface area (Å²) in [5.74, 6) is -0.516. The van der Waals surface area contributed by atoms with Crippen molar-refractivity contribution in [2.45, 2.75) is 37.8 Å². The number of hydrogen-bond acceptors (Lipinski definition) is 5. The minimum Gasteiger partial charge on any atom is -0.352 e. The van der Waals surface area contributed by atoms with Crippen LogP contribution in [0, 0.1) is 0 Å². The predicted molar refractivity (Wildman–Crippen MR) is 74.7 cm³/mol. The smallest absolute Gasteiger partial charge is 0.273 e. The standard InChI is InChI=1S/C13H20N6O2/c20-12(16-9-1-2-9)7-15-13(21)11-8-19(18-17-11)10-3-5-14-6-4-10/h8-10,14H,1-7H2,(H,15,21)(H,16,20). The molecule has 1 aromatic heterocycles. The average molecular weight is 292 g/mol. The predicted octanol–water partition coefficient (Wildman–Crippen LogP) is -0.789. The second-order valence-corrected chi connectivity index (χ2v) is 5.59. The molecule has 0 atom stereocenters. The molecule has 1 aliphatic heterocycles. The van der Waals surface area contributed by atoms with Crippen molar-refractivity contribution in [1.29, 1.82) is 0 Å². The summed E-state index contributed by atoms with van der Waals surface area (Å²) in [5.41, 5.74) is 0.257. The zero-order chi connectivity index (χ0) is 14.7. The number of carbonyl (C=O) groups is 2. The number of nitrogens with one attached hydrogen (secondary N) is 3. The highest BCUT2D eigenvalue weighted by Gasteiger charge is 2.23. The molecule has 114 valence electrons. The molecule has 0 spiro atoms. The second kappa shape index (κ2) is 6.21. The highest BCUT2D eigenvalue weighted by atomic mass is 16.2. The van der Waals surface area contributed by atoms with Gasteiger partial charge in [-0.3, -0.25) is 9.59 Å². The van der Waals surface area contributed by atoms with Gasteiger partial charge in [0.15, 0.2) is 5.69 Å². The van der Waals surface area contributed by atoms with Crippen LogP contribution in [0.5, 0.6) is 0 Å². The Labute approximate surface area is 122 Å². The van der Waals surface area contributed by atoms with Crippen molar-refractivity contribution < 1.29 is 9.59 Å². The molecule has 0 bridgehead atoms. The summed E-state index contributed by atoms with van der Waals surface area (Å²) >= 11 is 0. The van der Waals surface area contributed by atoms with E-state index in [2.05, 4.69) is 26.3 Å². The Bertz CT molecular complexity index is 518. The molecular weight excluding hydrogens is 272 g/mol. The fourth-order valence-electron chi connectivity index (χ4n) is 2.39. The zero-order valence-corrected chi connectivity index (χ0v) is 11.8. The third-order valence-corrected chi connectivity index (χ3v) is 3.78. The maximum Gasteiger partial charge on any atom is 0.273 e. The number of piperidine rings is 1. The first-order chi connectivity index (χ1) is 10.2. The monoisotopic (exact) mass is 292 g/mol. The van der Waals surface area contributed by atoms with Gasteiger partial charge in [0.1, 0.15) is 0 Å². The fraction of sp³-hybridized carbons (Fsp3) is 0.692. The minimum absolute atomic E-state index is 0.0183. The van der Waals surface area contributed by atoms with Crippen molar-refractivity contribution in [3.63, 3.8) is 0 Å². The van der Waals surface area contributed by atoms with E-state index in [0.717, 1.165) is 38.8 Å². The molecule has 2 heterocycles. The summed E-state index contributed by atoms with van der Waals surface area (Å²) in [6.07, 6.45) is 5.68. The van der Waals surface area contributed by atoms with E-state index in [9.17, 15) is 9.59 Å². The molecule has 1 aliphatic carbocycles. The molecule has 3 rings (SSSR count). The average Bonchev–Trinajstić information content (AvgIpc) is 3.18. The van der Waals surface area contributed by atoms with E-state index in [1.807, 2.05) is 0 Å². The summed E-state index contributed by atoms with van der Waals surface area (Å²) in [4.78, 5) is 23.4. The van der Waals surface area contributed by atoms with Gasteiger partial charge in [-0.1, -0.05) is 5.21 Å². The number of hydrogen-bond donors (Lipinski definition) is 3. The fourth-order valence-corrected chi connectivity index (χ4v) is 2.39. The largest absolute Gasteiger partial charge is 0.352 e. The van der Waals surface area contributed by atoms with Gasteiger partial charge in [-0.25, -0.2) is 4.68 Å². The lowest BCUT2D eigenvalue weighted by molar-refractivity contribution is -0.120. The first-order valence-electron chi connectivity index (χ1n) is 7.42. The molecule has 1 saturated heterocycles. The van der Waals surface area contributed by atoms with Crippen molar-refractivity contribution >= 4 is 11.8 Å². The van der Waals surface area contributed by atoms with Crippen LogP contribution in [0.15, 0.2) is 6.20 Å². The minimum atomic E-state index is -0.360. The van der Waals surface area contributed by atoms with Crippen LogP contribution in [-0.4, -0.2) is 52.5 Å². The van der Waals surface area contributed by atoms with Crippen molar-refractivity contribution in [2.75, 3.05) is 19.6 Å². The van der Waals surface area contributed by atoms with Crippen molar-refractivity contribution in [1.82, 2.24) is 30.9 Å². The SMILES string of the molecule is O=C(CNC(=O)c1cn(C2CCNCC2)nn1)NC1CC1. The van der Waals surface area contributed by atoms with Crippen LogP contribution in [-0.2, 0) is 4.79 Å². The summed E-state index contributed by atoms with van der Waals surface area (Å²) in [6, 6.07) is 0.591. The molecule has 8 heteroatoms. The molecule has 2 amide bonds.